The molecule has 2 amide bonds. The third-order valence-corrected chi connectivity index (χ3v) is 4.77. The van der Waals surface area contributed by atoms with Gasteiger partial charge in [0.1, 0.15) is 11.5 Å². The molecule has 1 aliphatic carbocycles. The van der Waals surface area contributed by atoms with E-state index in [2.05, 4.69) is 0 Å². The van der Waals surface area contributed by atoms with Gasteiger partial charge in [0, 0.05) is 24.1 Å². The molecule has 1 heterocycles. The monoisotopic (exact) mass is 303 g/mol. The fraction of sp³-hybridized carbons (Fsp3) is 0.529. The number of fused-ring (bicyclic) bond motifs is 1. The minimum absolute atomic E-state index is 0.0602. The minimum atomic E-state index is -0.237. The van der Waals surface area contributed by atoms with Crippen LogP contribution in [0.15, 0.2) is 18.2 Å². The average molecular weight is 303 g/mol. The molecule has 0 radical (unpaired) electrons. The van der Waals surface area contributed by atoms with E-state index in [1.165, 1.54) is 4.90 Å². The number of carbonyl (C=O) groups excluding carboxylic acids is 2. The summed E-state index contributed by atoms with van der Waals surface area (Å²) in [5.74, 6) is 1.27. The van der Waals surface area contributed by atoms with Crippen LogP contribution in [-0.2, 0) is 4.79 Å². The zero-order valence-corrected chi connectivity index (χ0v) is 13.0. The van der Waals surface area contributed by atoms with Crippen LogP contribution in [0.5, 0.6) is 11.5 Å². The van der Waals surface area contributed by atoms with Gasteiger partial charge in [-0.3, -0.25) is 14.5 Å². The van der Waals surface area contributed by atoms with E-state index in [4.69, 9.17) is 9.47 Å². The molecule has 1 aliphatic heterocycles. The molecule has 2 aliphatic rings. The smallest absolute Gasteiger partial charge is 0.261 e. The number of amides is 2. The predicted octanol–water partition coefficient (Wildman–Crippen LogP) is 2.64. The van der Waals surface area contributed by atoms with Crippen molar-refractivity contribution in [2.24, 2.45) is 5.92 Å². The van der Waals surface area contributed by atoms with Crippen LogP contribution in [0, 0.1) is 5.92 Å². The van der Waals surface area contributed by atoms with E-state index in [-0.39, 0.29) is 17.9 Å². The maximum atomic E-state index is 12.9. The van der Waals surface area contributed by atoms with Crippen molar-refractivity contribution in [3.8, 4) is 11.5 Å². The number of hydrogen-bond donors (Lipinski definition) is 0. The van der Waals surface area contributed by atoms with Gasteiger partial charge in [-0.15, -0.1) is 0 Å². The highest BCUT2D eigenvalue weighted by molar-refractivity contribution is 6.05. The first-order valence-corrected chi connectivity index (χ1v) is 7.73. The third-order valence-electron chi connectivity index (χ3n) is 4.77. The summed E-state index contributed by atoms with van der Waals surface area (Å²) in [6.07, 6.45) is 4.50. The molecule has 1 aromatic carbocycles. The van der Waals surface area contributed by atoms with Crippen molar-refractivity contribution in [1.29, 1.82) is 0 Å². The maximum absolute atomic E-state index is 12.9. The number of rotatable bonds is 3. The Kier molecular flexibility index (Phi) is 4.05. The number of hydrogen-bond acceptors (Lipinski definition) is 4. The van der Waals surface area contributed by atoms with Crippen LogP contribution in [0.2, 0.25) is 0 Å². The quantitative estimate of drug-likeness (QED) is 0.806. The number of benzene rings is 1. The Morgan fingerprint density at radius 1 is 1.09 bits per heavy atom. The molecule has 22 heavy (non-hydrogen) atoms. The van der Waals surface area contributed by atoms with Crippen molar-refractivity contribution in [3.05, 3.63) is 23.8 Å². The Labute approximate surface area is 130 Å². The summed E-state index contributed by atoms with van der Waals surface area (Å²) in [5.41, 5.74) is 0.442. The normalized spacial score (nSPS) is 24.1. The zero-order valence-electron chi connectivity index (χ0n) is 13.0. The first kappa shape index (κ1) is 14.9. The maximum Gasteiger partial charge on any atom is 0.261 e. The number of likely N-dealkylation sites (tertiary alicyclic amines) is 1. The van der Waals surface area contributed by atoms with Crippen molar-refractivity contribution in [3.63, 3.8) is 0 Å². The standard InChI is InChI=1S/C17H21NO4/c1-21-13-8-12(9-14(10-13)22-2)17(20)18-15-5-3-4-11(15)6-7-16(18)19/h8-11,15H,3-7H2,1-2H3. The second kappa shape index (κ2) is 5.99. The van der Waals surface area contributed by atoms with Crippen LogP contribution < -0.4 is 9.47 Å². The van der Waals surface area contributed by atoms with Crippen molar-refractivity contribution in [2.45, 2.75) is 38.1 Å². The molecule has 5 nitrogen and oxygen atoms in total. The van der Waals surface area contributed by atoms with E-state index in [0.717, 1.165) is 25.7 Å². The SMILES string of the molecule is COc1cc(OC)cc(C(=O)N2C(=O)CCC3CCCC32)c1. The molecular weight excluding hydrogens is 282 g/mol. The first-order valence-electron chi connectivity index (χ1n) is 7.73. The summed E-state index contributed by atoms with van der Waals surface area (Å²) in [7, 11) is 3.09. The fourth-order valence-corrected chi connectivity index (χ4v) is 3.64. The molecule has 0 bridgehead atoms. The largest absolute Gasteiger partial charge is 0.497 e. The van der Waals surface area contributed by atoms with E-state index in [9.17, 15) is 9.59 Å². The molecule has 5 heteroatoms. The Balaban J connectivity index is 1.93. The Morgan fingerprint density at radius 3 is 2.41 bits per heavy atom. The summed E-state index contributed by atoms with van der Waals surface area (Å²) in [4.78, 5) is 26.7. The molecule has 0 aromatic heterocycles. The van der Waals surface area contributed by atoms with Gasteiger partial charge in [-0.25, -0.2) is 0 Å². The third kappa shape index (κ3) is 2.56. The molecule has 2 atom stereocenters. The highest BCUT2D eigenvalue weighted by Gasteiger charge is 2.42. The molecule has 1 saturated carbocycles. The average Bonchev–Trinajstić information content (AvgIpc) is 3.02. The van der Waals surface area contributed by atoms with E-state index < -0.39 is 0 Å². The molecular formula is C17H21NO4. The lowest BCUT2D eigenvalue weighted by atomic mass is 9.91. The van der Waals surface area contributed by atoms with E-state index >= 15 is 0 Å². The van der Waals surface area contributed by atoms with Crippen LogP contribution in [-0.4, -0.2) is 37.0 Å². The Morgan fingerprint density at radius 2 is 1.77 bits per heavy atom. The molecule has 0 spiro atoms. The minimum Gasteiger partial charge on any atom is -0.497 e. The molecule has 118 valence electrons. The van der Waals surface area contributed by atoms with E-state index in [1.54, 1.807) is 32.4 Å². The molecule has 1 saturated heterocycles. The summed E-state index contributed by atoms with van der Waals surface area (Å²) >= 11 is 0. The fourth-order valence-electron chi connectivity index (χ4n) is 3.64. The van der Waals surface area contributed by atoms with Crippen molar-refractivity contribution < 1.29 is 19.1 Å². The number of methoxy groups -OCH3 is 2. The first-order chi connectivity index (χ1) is 10.6. The van der Waals surface area contributed by atoms with Gasteiger partial charge < -0.3 is 9.47 Å². The lowest BCUT2D eigenvalue weighted by molar-refractivity contribution is -0.134. The summed E-state index contributed by atoms with van der Waals surface area (Å²) in [6.45, 7) is 0. The van der Waals surface area contributed by atoms with Gasteiger partial charge in [0.05, 0.1) is 14.2 Å². The second-order valence-electron chi connectivity index (χ2n) is 5.97. The molecule has 0 N–H and O–H groups in total. The zero-order chi connectivity index (χ0) is 15.7. The van der Waals surface area contributed by atoms with Gasteiger partial charge in [0.2, 0.25) is 5.91 Å². The number of carbonyl (C=O) groups is 2. The highest BCUT2D eigenvalue weighted by Crippen LogP contribution is 2.38. The van der Waals surface area contributed by atoms with Gasteiger partial charge in [-0.2, -0.15) is 0 Å². The van der Waals surface area contributed by atoms with Crippen molar-refractivity contribution in [2.75, 3.05) is 14.2 Å². The number of piperidine rings is 1. The summed E-state index contributed by atoms with van der Waals surface area (Å²) in [5, 5.41) is 0. The van der Waals surface area contributed by atoms with Crippen LogP contribution >= 0.6 is 0 Å². The Bertz CT molecular complexity index is 576. The van der Waals surface area contributed by atoms with Crippen LogP contribution in [0.3, 0.4) is 0 Å². The molecule has 2 fully saturated rings. The van der Waals surface area contributed by atoms with Gasteiger partial charge in [0.25, 0.3) is 5.91 Å². The van der Waals surface area contributed by atoms with Gasteiger partial charge in [0.15, 0.2) is 0 Å². The number of imide groups is 1. The van der Waals surface area contributed by atoms with E-state index in [0.29, 0.717) is 29.4 Å². The lowest BCUT2D eigenvalue weighted by Gasteiger charge is -2.36. The topological polar surface area (TPSA) is 55.8 Å². The highest BCUT2D eigenvalue weighted by atomic mass is 16.5. The summed E-state index contributed by atoms with van der Waals surface area (Å²) < 4.78 is 10.4. The number of ether oxygens (including phenoxy) is 2. The lowest BCUT2D eigenvalue weighted by Crippen LogP contribution is -2.49. The Hall–Kier alpha value is -2.04. The predicted molar refractivity (Wildman–Crippen MR) is 81.1 cm³/mol. The van der Waals surface area contributed by atoms with E-state index in [1.807, 2.05) is 0 Å². The van der Waals surface area contributed by atoms with Crippen molar-refractivity contribution in [1.82, 2.24) is 4.90 Å². The molecule has 3 rings (SSSR count). The van der Waals surface area contributed by atoms with Gasteiger partial charge >= 0.3 is 0 Å². The van der Waals surface area contributed by atoms with Crippen molar-refractivity contribution >= 4 is 11.8 Å². The van der Waals surface area contributed by atoms with Crippen LogP contribution in [0.4, 0.5) is 0 Å². The van der Waals surface area contributed by atoms with Gasteiger partial charge in [-0.1, -0.05) is 6.42 Å². The van der Waals surface area contributed by atoms with Gasteiger partial charge in [-0.05, 0) is 37.3 Å². The molecule has 1 aromatic rings. The summed E-state index contributed by atoms with van der Waals surface area (Å²) in [6, 6.07) is 5.10. The van der Waals surface area contributed by atoms with Crippen LogP contribution in [0.25, 0.3) is 0 Å². The molecule has 2 unspecified atom stereocenters. The number of nitrogens with zero attached hydrogens (tertiary/aromatic N) is 1. The van der Waals surface area contributed by atoms with Crippen LogP contribution in [0.1, 0.15) is 42.5 Å². The second-order valence-corrected chi connectivity index (χ2v) is 5.97.